The number of carboxylic acids is 2. The average molecular weight is 527 g/mol. The summed E-state index contributed by atoms with van der Waals surface area (Å²) in [7, 11) is 0. The van der Waals surface area contributed by atoms with Gasteiger partial charge in [-0.15, -0.1) is 12.4 Å². The monoisotopic (exact) mass is 526 g/mol. The lowest BCUT2D eigenvalue weighted by molar-refractivity contribution is -0.139. The van der Waals surface area contributed by atoms with E-state index in [1.165, 1.54) is 18.0 Å². The third-order valence-corrected chi connectivity index (χ3v) is 5.87. The summed E-state index contributed by atoms with van der Waals surface area (Å²) in [5.41, 5.74) is 4.07. The molecule has 1 heterocycles. The maximum Gasteiger partial charge on any atom is 0.326 e. The van der Waals surface area contributed by atoms with Crippen LogP contribution in [0.1, 0.15) is 33.5 Å². The fraction of sp³-hybridized carbons (Fsp3) is 0.185. The Kier molecular flexibility index (Phi) is 11.2. The van der Waals surface area contributed by atoms with Crippen molar-refractivity contribution in [1.29, 1.82) is 0 Å². The van der Waals surface area contributed by atoms with Crippen molar-refractivity contribution in [3.8, 4) is 11.1 Å². The average Bonchev–Trinajstić information content (AvgIpc) is 2.85. The number of hydrogen-bond acceptors (Lipinski definition) is 5. The van der Waals surface area contributed by atoms with Crippen LogP contribution in [0.25, 0.3) is 23.3 Å². The van der Waals surface area contributed by atoms with Crippen molar-refractivity contribution in [2.24, 2.45) is 0 Å². The molecule has 0 fully saturated rings. The Labute approximate surface area is 220 Å². The first kappa shape index (κ1) is 28.6. The maximum absolute atomic E-state index is 13.1. The zero-order chi connectivity index (χ0) is 25.2. The number of carbonyl (C=O) groups excluding carboxylic acids is 1. The number of aromatic nitrogens is 1. The molecule has 3 N–H and O–H groups in total. The minimum atomic E-state index is -1.06. The van der Waals surface area contributed by atoms with Crippen LogP contribution in [0.4, 0.5) is 0 Å². The second-order valence-electron chi connectivity index (χ2n) is 7.85. The Morgan fingerprint density at radius 1 is 1.00 bits per heavy atom. The molecule has 9 heteroatoms. The minimum Gasteiger partial charge on any atom is -0.481 e. The van der Waals surface area contributed by atoms with E-state index in [1.54, 1.807) is 24.4 Å². The van der Waals surface area contributed by atoms with Crippen molar-refractivity contribution >= 4 is 54.2 Å². The zero-order valence-electron chi connectivity index (χ0n) is 19.6. The molecular formula is C27H27ClN2O5S. The van der Waals surface area contributed by atoms with E-state index >= 15 is 0 Å². The number of amides is 1. The van der Waals surface area contributed by atoms with Crippen LogP contribution >= 0.6 is 24.2 Å². The summed E-state index contributed by atoms with van der Waals surface area (Å²) in [5.74, 6) is -1.81. The van der Waals surface area contributed by atoms with Gasteiger partial charge < -0.3 is 15.5 Å². The van der Waals surface area contributed by atoms with Crippen LogP contribution in [0, 0.1) is 0 Å². The summed E-state index contributed by atoms with van der Waals surface area (Å²) >= 11 is 1.52. The number of carboxylic acid groups (broad SMARTS) is 2. The zero-order valence-corrected chi connectivity index (χ0v) is 21.2. The van der Waals surface area contributed by atoms with Crippen LogP contribution in [0.2, 0.25) is 0 Å². The third-order valence-electron chi connectivity index (χ3n) is 5.23. The first-order valence-corrected chi connectivity index (χ1v) is 12.3. The largest absolute Gasteiger partial charge is 0.481 e. The number of benzene rings is 2. The quantitative estimate of drug-likeness (QED) is 0.325. The normalized spacial score (nSPS) is 11.5. The summed E-state index contributed by atoms with van der Waals surface area (Å²) in [6, 6.07) is 15.5. The number of thioether (sulfide) groups is 1. The van der Waals surface area contributed by atoms with Gasteiger partial charge in [0, 0.05) is 18.0 Å². The second kappa shape index (κ2) is 14.1. The molecule has 3 rings (SSSR count). The summed E-state index contributed by atoms with van der Waals surface area (Å²) in [6.07, 6.45) is 8.96. The number of hydrogen-bond donors (Lipinski definition) is 3. The van der Waals surface area contributed by atoms with Gasteiger partial charge in [0.05, 0.1) is 6.42 Å². The van der Waals surface area contributed by atoms with E-state index in [0.717, 1.165) is 16.7 Å². The lowest BCUT2D eigenvalue weighted by atomic mass is 9.96. The van der Waals surface area contributed by atoms with E-state index in [1.807, 2.05) is 54.8 Å². The van der Waals surface area contributed by atoms with Gasteiger partial charge in [0.15, 0.2) is 0 Å². The SMILES string of the molecule is CSCCC(NC(=O)c1ccc(C=Cc2cncc(CC(=O)O)c2)cc1-c1ccccc1)C(=O)O.Cl. The molecule has 36 heavy (non-hydrogen) atoms. The minimum absolute atomic E-state index is 0. The molecule has 0 aliphatic carbocycles. The molecule has 0 aliphatic rings. The van der Waals surface area contributed by atoms with Crippen LogP contribution in [-0.2, 0) is 16.0 Å². The first-order valence-electron chi connectivity index (χ1n) is 10.9. The van der Waals surface area contributed by atoms with Gasteiger partial charge in [0.1, 0.15) is 6.04 Å². The predicted octanol–water partition coefficient (Wildman–Crippen LogP) is 4.90. The standard InChI is InChI=1S/C27H26N2O5S.ClH/c1-35-12-11-24(27(33)34)29-26(32)22-10-9-18(14-23(22)21-5-3-2-4-6-21)7-8-19-13-20(15-25(30)31)17-28-16-19;/h2-10,13-14,16-17,24H,11-12,15H2,1H3,(H,29,32)(H,30,31)(H,33,34);1H. The van der Waals surface area contributed by atoms with Gasteiger partial charge in [-0.05, 0) is 64.4 Å². The summed E-state index contributed by atoms with van der Waals surface area (Å²) in [6.45, 7) is 0. The van der Waals surface area contributed by atoms with Crippen molar-refractivity contribution in [3.63, 3.8) is 0 Å². The number of carbonyl (C=O) groups is 3. The fourth-order valence-electron chi connectivity index (χ4n) is 3.51. The van der Waals surface area contributed by atoms with Gasteiger partial charge in [-0.3, -0.25) is 14.6 Å². The lowest BCUT2D eigenvalue weighted by Crippen LogP contribution is -2.41. The number of rotatable bonds is 11. The number of nitrogens with zero attached hydrogens (tertiary/aromatic N) is 1. The Morgan fingerprint density at radius 2 is 1.72 bits per heavy atom. The van der Waals surface area contributed by atoms with Gasteiger partial charge in [0.25, 0.3) is 5.91 Å². The van der Waals surface area contributed by atoms with E-state index in [4.69, 9.17) is 5.11 Å². The van der Waals surface area contributed by atoms with Crippen molar-refractivity contribution in [3.05, 3.63) is 89.2 Å². The first-order chi connectivity index (χ1) is 16.9. The molecule has 3 aromatic rings. The number of aliphatic carboxylic acids is 2. The third kappa shape index (κ3) is 8.25. The molecule has 0 spiro atoms. The van der Waals surface area contributed by atoms with Gasteiger partial charge >= 0.3 is 11.9 Å². The van der Waals surface area contributed by atoms with Crippen molar-refractivity contribution in [2.75, 3.05) is 12.0 Å². The molecule has 0 saturated carbocycles. The molecule has 7 nitrogen and oxygen atoms in total. The van der Waals surface area contributed by atoms with Crippen LogP contribution in [0.3, 0.4) is 0 Å². The van der Waals surface area contributed by atoms with Crippen molar-refractivity contribution in [2.45, 2.75) is 18.9 Å². The van der Waals surface area contributed by atoms with E-state index in [9.17, 15) is 19.5 Å². The van der Waals surface area contributed by atoms with Crippen molar-refractivity contribution in [1.82, 2.24) is 10.3 Å². The molecule has 0 bridgehead atoms. The molecule has 188 valence electrons. The number of pyridine rings is 1. The van der Waals surface area contributed by atoms with E-state index < -0.39 is 23.9 Å². The maximum atomic E-state index is 13.1. The van der Waals surface area contributed by atoms with E-state index in [-0.39, 0.29) is 18.8 Å². The molecule has 0 saturated heterocycles. The van der Waals surface area contributed by atoms with Gasteiger partial charge in [-0.1, -0.05) is 48.6 Å². The smallest absolute Gasteiger partial charge is 0.326 e. The van der Waals surface area contributed by atoms with Crippen LogP contribution < -0.4 is 5.32 Å². The topological polar surface area (TPSA) is 117 Å². The molecule has 1 unspecified atom stereocenters. The predicted molar refractivity (Wildman–Crippen MR) is 146 cm³/mol. The molecule has 1 aromatic heterocycles. The summed E-state index contributed by atoms with van der Waals surface area (Å²) in [4.78, 5) is 39.8. The van der Waals surface area contributed by atoms with Crippen LogP contribution in [0.5, 0.6) is 0 Å². The highest BCUT2D eigenvalue weighted by Crippen LogP contribution is 2.26. The van der Waals surface area contributed by atoms with E-state index in [2.05, 4.69) is 10.3 Å². The lowest BCUT2D eigenvalue weighted by Gasteiger charge is -2.16. The molecule has 1 amide bonds. The highest BCUT2D eigenvalue weighted by molar-refractivity contribution is 7.98. The number of nitrogens with one attached hydrogen (secondary N) is 1. The fourth-order valence-corrected chi connectivity index (χ4v) is 3.98. The van der Waals surface area contributed by atoms with E-state index in [0.29, 0.717) is 28.9 Å². The molecule has 1 atom stereocenters. The van der Waals surface area contributed by atoms with Gasteiger partial charge in [-0.25, -0.2) is 4.79 Å². The molecule has 0 radical (unpaired) electrons. The van der Waals surface area contributed by atoms with Gasteiger partial charge in [0.2, 0.25) is 0 Å². The number of halogens is 1. The Balaban J connectivity index is 0.00000456. The molecule has 0 aliphatic heterocycles. The van der Waals surface area contributed by atoms with Crippen LogP contribution in [-0.4, -0.2) is 51.1 Å². The van der Waals surface area contributed by atoms with Crippen molar-refractivity contribution < 1.29 is 24.6 Å². The Hall–Kier alpha value is -3.62. The molecular weight excluding hydrogens is 500 g/mol. The highest BCUT2D eigenvalue weighted by Gasteiger charge is 2.22. The Morgan fingerprint density at radius 3 is 2.39 bits per heavy atom. The summed E-state index contributed by atoms with van der Waals surface area (Å²) in [5, 5.41) is 21.1. The van der Waals surface area contributed by atoms with Gasteiger partial charge in [-0.2, -0.15) is 11.8 Å². The van der Waals surface area contributed by atoms with Crippen LogP contribution in [0.15, 0.2) is 67.0 Å². The second-order valence-corrected chi connectivity index (χ2v) is 8.83. The molecule has 2 aromatic carbocycles. The highest BCUT2D eigenvalue weighted by atomic mass is 35.5. The summed E-state index contributed by atoms with van der Waals surface area (Å²) < 4.78 is 0. The Bertz CT molecular complexity index is 1230.